The van der Waals surface area contributed by atoms with Gasteiger partial charge in [0, 0.05) is 59.2 Å². The molecule has 0 atom stereocenters. The van der Waals surface area contributed by atoms with E-state index in [2.05, 4.69) is 47.8 Å². The van der Waals surface area contributed by atoms with E-state index in [1.54, 1.807) is 24.5 Å². The van der Waals surface area contributed by atoms with Crippen LogP contribution in [0.4, 0.5) is 34.6 Å². The average molecular weight is 626 g/mol. The number of aryl methyl sites for hydroxylation is 2. The molecule has 0 radical (unpaired) electrons. The number of benzene rings is 2. The molecule has 0 bridgehead atoms. The van der Waals surface area contributed by atoms with Crippen molar-refractivity contribution in [3.63, 3.8) is 0 Å². The second-order valence-electron chi connectivity index (χ2n) is 9.30. The highest BCUT2D eigenvalue weighted by molar-refractivity contribution is 6.00. The van der Waals surface area contributed by atoms with E-state index >= 15 is 0 Å². The Morgan fingerprint density at radius 1 is 0.717 bits per heavy atom. The standard InChI is InChI=1S/C17H21N5O.C14H14N4O.2C2H6/c1-13-9-10-18-17(19-13)21-15-7-4-6-14(12-15)20-16(23)8-5-11-22(2)3;1-3-13(19)17-11-5-4-6-12(9-11)18-14-15-8-7-10(2)16-14;2*1-2/h4-10,12H,11H2,1-3H3,(H,20,23)(H,18,19,21);3-9H,1H2,2H3,(H,17,19)(H,15,16,18);2*1-2H3/b8-5+;;;. The average Bonchev–Trinajstić information content (AvgIpc) is 3.03. The summed E-state index contributed by atoms with van der Waals surface area (Å²) in [6.07, 6.45) is 7.96. The van der Waals surface area contributed by atoms with Gasteiger partial charge in [-0.1, -0.05) is 52.5 Å². The molecular weight excluding hydrogens is 578 g/mol. The molecule has 0 saturated carbocycles. The first-order valence-electron chi connectivity index (χ1n) is 15.1. The van der Waals surface area contributed by atoms with Gasteiger partial charge >= 0.3 is 0 Å². The number of hydrogen-bond donors (Lipinski definition) is 4. The quantitative estimate of drug-likeness (QED) is 0.134. The third-order valence-electron chi connectivity index (χ3n) is 5.29. The summed E-state index contributed by atoms with van der Waals surface area (Å²) in [7, 11) is 3.90. The molecule has 0 spiro atoms. The van der Waals surface area contributed by atoms with Crippen molar-refractivity contribution < 1.29 is 9.59 Å². The molecule has 11 heteroatoms. The van der Waals surface area contributed by atoms with Crippen LogP contribution in [-0.4, -0.2) is 57.3 Å². The van der Waals surface area contributed by atoms with Crippen LogP contribution in [0.15, 0.2) is 97.9 Å². The SMILES string of the molecule is C=CC(=O)Nc1cccc(Nc2nccc(C)n2)c1.CC.CC.Cc1ccnc(Nc2cccc(NC(=O)/C=C/CN(C)C)c2)n1. The van der Waals surface area contributed by atoms with Crippen molar-refractivity contribution in [3.05, 3.63) is 109 Å². The fourth-order valence-electron chi connectivity index (χ4n) is 3.37. The predicted octanol–water partition coefficient (Wildman–Crippen LogP) is 7.29. The first-order valence-corrected chi connectivity index (χ1v) is 15.1. The molecule has 2 aromatic heterocycles. The van der Waals surface area contributed by atoms with E-state index in [1.165, 1.54) is 12.2 Å². The largest absolute Gasteiger partial charge is 0.324 e. The lowest BCUT2D eigenvalue weighted by molar-refractivity contribution is -0.112. The van der Waals surface area contributed by atoms with Gasteiger partial charge in [0.1, 0.15) is 0 Å². The summed E-state index contributed by atoms with van der Waals surface area (Å²) in [4.78, 5) is 41.9. The van der Waals surface area contributed by atoms with E-state index in [9.17, 15) is 9.59 Å². The van der Waals surface area contributed by atoms with E-state index < -0.39 is 0 Å². The van der Waals surface area contributed by atoms with Crippen molar-refractivity contribution >= 4 is 46.5 Å². The zero-order valence-electron chi connectivity index (χ0n) is 28.1. The van der Waals surface area contributed by atoms with Gasteiger partial charge in [-0.2, -0.15) is 0 Å². The van der Waals surface area contributed by atoms with Crippen molar-refractivity contribution in [2.45, 2.75) is 41.5 Å². The Hall–Kier alpha value is -5.42. The Morgan fingerprint density at radius 2 is 1.15 bits per heavy atom. The molecule has 4 rings (SSSR count). The molecule has 0 saturated heterocycles. The molecule has 0 aliphatic heterocycles. The van der Waals surface area contributed by atoms with Crippen LogP contribution in [0.2, 0.25) is 0 Å². The minimum Gasteiger partial charge on any atom is -0.324 e. The van der Waals surface area contributed by atoms with Gasteiger partial charge in [-0.05, 0) is 82.5 Å². The maximum absolute atomic E-state index is 11.8. The van der Waals surface area contributed by atoms with E-state index in [0.29, 0.717) is 23.3 Å². The predicted molar refractivity (Wildman–Crippen MR) is 191 cm³/mol. The summed E-state index contributed by atoms with van der Waals surface area (Å²) in [5.41, 5.74) is 4.77. The smallest absolute Gasteiger partial charge is 0.248 e. The van der Waals surface area contributed by atoms with Crippen LogP contribution < -0.4 is 21.3 Å². The molecule has 0 aliphatic carbocycles. The molecule has 0 unspecified atom stereocenters. The van der Waals surface area contributed by atoms with Gasteiger partial charge in [0.2, 0.25) is 23.7 Å². The molecule has 0 fully saturated rings. The second kappa shape index (κ2) is 22.1. The normalized spacial score (nSPS) is 9.76. The van der Waals surface area contributed by atoms with Crippen LogP contribution >= 0.6 is 0 Å². The van der Waals surface area contributed by atoms with E-state index in [0.717, 1.165) is 29.3 Å². The van der Waals surface area contributed by atoms with Crippen LogP contribution in [-0.2, 0) is 9.59 Å². The Kier molecular flexibility index (Phi) is 18.6. The van der Waals surface area contributed by atoms with E-state index in [4.69, 9.17) is 0 Å². The Morgan fingerprint density at radius 3 is 1.57 bits per heavy atom. The van der Waals surface area contributed by atoms with Crippen molar-refractivity contribution in [1.82, 2.24) is 24.8 Å². The Labute approximate surface area is 273 Å². The summed E-state index contributed by atoms with van der Waals surface area (Å²) in [5, 5.41) is 11.7. The molecule has 46 heavy (non-hydrogen) atoms. The highest BCUT2D eigenvalue weighted by Crippen LogP contribution is 2.19. The molecule has 2 amide bonds. The highest BCUT2D eigenvalue weighted by Gasteiger charge is 2.03. The minimum atomic E-state index is -0.246. The topological polar surface area (TPSA) is 137 Å². The van der Waals surface area contributed by atoms with Crippen LogP contribution in [0.5, 0.6) is 0 Å². The van der Waals surface area contributed by atoms with Crippen LogP contribution in [0.1, 0.15) is 39.1 Å². The number of rotatable bonds is 10. The third kappa shape index (κ3) is 15.9. The molecule has 4 N–H and O–H groups in total. The highest BCUT2D eigenvalue weighted by atomic mass is 16.2. The number of anilines is 6. The fourth-order valence-corrected chi connectivity index (χ4v) is 3.37. The van der Waals surface area contributed by atoms with Crippen molar-refractivity contribution in [1.29, 1.82) is 0 Å². The number of aromatic nitrogens is 4. The number of nitrogens with zero attached hydrogens (tertiary/aromatic N) is 5. The van der Waals surface area contributed by atoms with Gasteiger partial charge in [0.05, 0.1) is 0 Å². The summed E-state index contributed by atoms with van der Waals surface area (Å²) >= 11 is 0. The van der Waals surface area contributed by atoms with Crippen molar-refractivity contribution in [3.8, 4) is 0 Å². The third-order valence-corrected chi connectivity index (χ3v) is 5.29. The minimum absolute atomic E-state index is 0.157. The van der Waals surface area contributed by atoms with E-state index in [-0.39, 0.29) is 11.8 Å². The molecule has 2 aromatic carbocycles. The van der Waals surface area contributed by atoms with Crippen LogP contribution in [0, 0.1) is 13.8 Å². The number of hydrogen-bond acceptors (Lipinski definition) is 9. The summed E-state index contributed by atoms with van der Waals surface area (Å²) in [6.45, 7) is 15.9. The lowest BCUT2D eigenvalue weighted by Crippen LogP contribution is -2.13. The first kappa shape index (κ1) is 38.6. The van der Waals surface area contributed by atoms with Crippen molar-refractivity contribution in [2.24, 2.45) is 0 Å². The van der Waals surface area contributed by atoms with Gasteiger partial charge in [-0.15, -0.1) is 0 Å². The summed E-state index contributed by atoms with van der Waals surface area (Å²) in [5.74, 6) is 0.645. The number of amides is 2. The monoisotopic (exact) mass is 625 g/mol. The molecule has 244 valence electrons. The zero-order chi connectivity index (χ0) is 34.3. The number of carbonyl (C=O) groups excluding carboxylic acids is 2. The Bertz CT molecular complexity index is 1540. The van der Waals surface area contributed by atoms with Crippen molar-refractivity contribution in [2.75, 3.05) is 41.9 Å². The maximum atomic E-state index is 11.8. The summed E-state index contributed by atoms with van der Waals surface area (Å²) < 4.78 is 0. The molecular formula is C35H47N9O2. The maximum Gasteiger partial charge on any atom is 0.248 e. The molecule has 0 aliphatic rings. The number of carbonyl (C=O) groups is 2. The van der Waals surface area contributed by atoms with E-state index in [1.807, 2.05) is 115 Å². The number of likely N-dealkylation sites (N-methyl/N-ethyl adjacent to an activating group) is 1. The van der Waals surface area contributed by atoms with Gasteiger partial charge in [0.15, 0.2) is 0 Å². The van der Waals surface area contributed by atoms with Crippen LogP contribution in [0.3, 0.4) is 0 Å². The van der Waals surface area contributed by atoms with Gasteiger partial charge in [-0.3, -0.25) is 9.59 Å². The Balaban J connectivity index is 0.000000421. The van der Waals surface area contributed by atoms with Crippen LogP contribution in [0.25, 0.3) is 0 Å². The number of nitrogens with one attached hydrogen (secondary N) is 4. The van der Waals surface area contributed by atoms with Gasteiger partial charge in [-0.25, -0.2) is 19.9 Å². The lowest BCUT2D eigenvalue weighted by Gasteiger charge is -2.08. The summed E-state index contributed by atoms with van der Waals surface area (Å²) in [6, 6.07) is 18.4. The fraction of sp³-hybridized carbons (Fsp3) is 0.257. The van der Waals surface area contributed by atoms with Gasteiger partial charge < -0.3 is 26.2 Å². The lowest BCUT2D eigenvalue weighted by atomic mass is 10.2. The molecule has 11 nitrogen and oxygen atoms in total. The molecule has 2 heterocycles. The first-order chi connectivity index (χ1) is 22.2. The second-order valence-corrected chi connectivity index (χ2v) is 9.30. The zero-order valence-corrected chi connectivity index (χ0v) is 28.1. The molecule has 4 aromatic rings. The van der Waals surface area contributed by atoms with Gasteiger partial charge in [0.25, 0.3) is 0 Å².